The molecular formula is C12H14N4O4. The highest BCUT2D eigenvalue weighted by atomic mass is 16.6. The van der Waals surface area contributed by atoms with Gasteiger partial charge in [0.25, 0.3) is 0 Å². The summed E-state index contributed by atoms with van der Waals surface area (Å²) in [5, 5.41) is 0. The summed E-state index contributed by atoms with van der Waals surface area (Å²) < 4.78 is 10.3. The zero-order valence-corrected chi connectivity index (χ0v) is 10.7. The van der Waals surface area contributed by atoms with Crippen molar-refractivity contribution in [3.8, 4) is 5.88 Å². The molecule has 1 aromatic rings. The van der Waals surface area contributed by atoms with E-state index in [4.69, 9.17) is 15.2 Å². The topological polar surface area (TPSA) is 108 Å². The minimum atomic E-state index is -0.472. The van der Waals surface area contributed by atoms with E-state index in [1.54, 1.807) is 0 Å². The van der Waals surface area contributed by atoms with Gasteiger partial charge in [0.2, 0.25) is 5.88 Å². The van der Waals surface area contributed by atoms with Crippen molar-refractivity contribution < 1.29 is 19.1 Å². The van der Waals surface area contributed by atoms with E-state index in [0.29, 0.717) is 36.9 Å². The maximum atomic E-state index is 11.8. The van der Waals surface area contributed by atoms with Gasteiger partial charge in [0.15, 0.2) is 11.6 Å². The lowest BCUT2D eigenvalue weighted by molar-refractivity contribution is -0.121. The molecule has 2 aliphatic heterocycles. The Morgan fingerprint density at radius 3 is 3.10 bits per heavy atom. The van der Waals surface area contributed by atoms with E-state index in [1.807, 2.05) is 0 Å². The molecule has 0 bridgehead atoms. The summed E-state index contributed by atoms with van der Waals surface area (Å²) >= 11 is 0. The highest BCUT2D eigenvalue weighted by Crippen LogP contribution is 2.25. The predicted octanol–water partition coefficient (Wildman–Crippen LogP) is -0.345. The van der Waals surface area contributed by atoms with Crippen molar-refractivity contribution in [3.63, 3.8) is 0 Å². The van der Waals surface area contributed by atoms with Crippen LogP contribution in [0.5, 0.6) is 5.88 Å². The predicted molar refractivity (Wildman–Crippen MR) is 67.5 cm³/mol. The van der Waals surface area contributed by atoms with Crippen LogP contribution in [-0.4, -0.2) is 47.6 Å². The van der Waals surface area contributed by atoms with Crippen molar-refractivity contribution in [2.45, 2.75) is 18.9 Å². The van der Waals surface area contributed by atoms with Crippen LogP contribution < -0.4 is 15.4 Å². The molecule has 20 heavy (non-hydrogen) atoms. The van der Waals surface area contributed by atoms with Crippen molar-refractivity contribution in [1.29, 1.82) is 0 Å². The molecule has 1 atom stereocenters. The number of ether oxygens (including phenoxy) is 2. The second kappa shape index (κ2) is 5.04. The van der Waals surface area contributed by atoms with Crippen LogP contribution in [-0.2, 0) is 16.0 Å². The van der Waals surface area contributed by atoms with Crippen molar-refractivity contribution in [3.05, 3.63) is 11.9 Å². The van der Waals surface area contributed by atoms with E-state index in [1.165, 1.54) is 11.1 Å². The molecule has 0 radical (unpaired) electrons. The maximum Gasteiger partial charge on any atom is 0.415 e. The van der Waals surface area contributed by atoms with Gasteiger partial charge in [-0.1, -0.05) is 0 Å². The monoisotopic (exact) mass is 278 g/mol. The lowest BCUT2D eigenvalue weighted by Crippen LogP contribution is -2.28. The Bertz CT molecular complexity index is 562. The average molecular weight is 278 g/mol. The first kappa shape index (κ1) is 12.8. The van der Waals surface area contributed by atoms with Crippen LogP contribution in [0.4, 0.5) is 10.6 Å². The number of fused-ring (bicyclic) bond motifs is 1. The normalized spacial score (nSPS) is 21.4. The van der Waals surface area contributed by atoms with Gasteiger partial charge in [-0.3, -0.25) is 9.69 Å². The van der Waals surface area contributed by atoms with E-state index in [-0.39, 0.29) is 24.9 Å². The van der Waals surface area contributed by atoms with Gasteiger partial charge in [-0.15, -0.1) is 0 Å². The van der Waals surface area contributed by atoms with E-state index in [9.17, 15) is 9.59 Å². The zero-order chi connectivity index (χ0) is 14.1. The molecule has 1 fully saturated rings. The number of Topliss-reactive ketones (excluding diaryl/α,β-unsaturated/α-hetero) is 1. The van der Waals surface area contributed by atoms with Gasteiger partial charge in [-0.05, 0) is 13.0 Å². The first-order chi connectivity index (χ1) is 9.67. The highest BCUT2D eigenvalue weighted by molar-refractivity contribution is 5.89. The fourth-order valence-electron chi connectivity index (χ4n) is 2.20. The minimum Gasteiger partial charge on any atom is -0.468 e. The van der Waals surface area contributed by atoms with Crippen LogP contribution in [0.3, 0.4) is 0 Å². The summed E-state index contributed by atoms with van der Waals surface area (Å²) in [7, 11) is 0. The first-order valence-electron chi connectivity index (χ1n) is 6.36. The number of carbonyl (C=O) groups is 2. The van der Waals surface area contributed by atoms with E-state index >= 15 is 0 Å². The molecule has 2 aliphatic rings. The molecule has 0 saturated carbocycles. The molecule has 0 unspecified atom stereocenters. The van der Waals surface area contributed by atoms with E-state index < -0.39 is 6.09 Å². The van der Waals surface area contributed by atoms with Gasteiger partial charge < -0.3 is 15.2 Å². The molecular weight excluding hydrogens is 264 g/mol. The number of amides is 1. The number of aromatic nitrogens is 2. The summed E-state index contributed by atoms with van der Waals surface area (Å²) in [4.78, 5) is 32.9. The van der Waals surface area contributed by atoms with Crippen LogP contribution in [0, 0.1) is 0 Å². The smallest absolute Gasteiger partial charge is 0.415 e. The Morgan fingerprint density at radius 2 is 2.30 bits per heavy atom. The maximum absolute atomic E-state index is 11.8. The zero-order valence-electron chi connectivity index (χ0n) is 10.7. The summed E-state index contributed by atoms with van der Waals surface area (Å²) in [6, 6.07) is 0. The van der Waals surface area contributed by atoms with Gasteiger partial charge >= 0.3 is 6.09 Å². The Balaban J connectivity index is 1.82. The average Bonchev–Trinajstić information content (AvgIpc) is 2.79. The van der Waals surface area contributed by atoms with Crippen molar-refractivity contribution in [2.75, 3.05) is 24.6 Å². The molecule has 106 valence electrons. The third-order valence-corrected chi connectivity index (χ3v) is 3.17. The molecule has 1 aromatic heterocycles. The Hall–Kier alpha value is -2.22. The molecule has 0 aromatic carbocycles. The standard InChI is InChI=1S/C12H14N4O4/c13-2-1-8-5-16(12(18)20-8)10-4-14-11-9(15-10)3-7(17)6-19-11/h4,8H,1-3,5-6,13H2/t8-/m0/s1. The van der Waals surface area contributed by atoms with Crippen LogP contribution in [0.1, 0.15) is 12.1 Å². The second-order valence-corrected chi connectivity index (χ2v) is 4.68. The minimum absolute atomic E-state index is 0.0192. The number of nitrogens with two attached hydrogens (primary N) is 1. The quantitative estimate of drug-likeness (QED) is 0.805. The number of carbonyl (C=O) groups excluding carboxylic acids is 2. The van der Waals surface area contributed by atoms with Crippen molar-refractivity contribution in [2.24, 2.45) is 5.73 Å². The van der Waals surface area contributed by atoms with E-state index in [0.717, 1.165) is 0 Å². The highest BCUT2D eigenvalue weighted by Gasteiger charge is 2.33. The van der Waals surface area contributed by atoms with Crippen LogP contribution in [0.15, 0.2) is 6.20 Å². The summed E-state index contributed by atoms with van der Waals surface area (Å²) in [5.74, 6) is 0.653. The first-order valence-corrected chi connectivity index (χ1v) is 6.36. The molecule has 1 amide bonds. The summed E-state index contributed by atoms with van der Waals surface area (Å²) in [6.07, 6.45) is 1.51. The van der Waals surface area contributed by atoms with Gasteiger partial charge in [0.05, 0.1) is 19.2 Å². The molecule has 2 N–H and O–H groups in total. The molecule has 8 nitrogen and oxygen atoms in total. The molecule has 3 heterocycles. The number of rotatable bonds is 3. The fourth-order valence-corrected chi connectivity index (χ4v) is 2.20. The molecule has 3 rings (SSSR count). The van der Waals surface area contributed by atoms with E-state index in [2.05, 4.69) is 9.97 Å². The second-order valence-electron chi connectivity index (χ2n) is 4.68. The molecule has 1 saturated heterocycles. The van der Waals surface area contributed by atoms with Gasteiger partial charge in [-0.25, -0.2) is 14.8 Å². The molecule has 0 spiro atoms. The number of hydrogen-bond donors (Lipinski definition) is 1. The van der Waals surface area contributed by atoms with Crippen LogP contribution in [0.25, 0.3) is 0 Å². The number of ketones is 1. The third kappa shape index (κ3) is 2.29. The number of nitrogens with zero attached hydrogens (tertiary/aromatic N) is 3. The molecule has 0 aliphatic carbocycles. The number of hydrogen-bond acceptors (Lipinski definition) is 7. The van der Waals surface area contributed by atoms with Crippen molar-refractivity contribution in [1.82, 2.24) is 9.97 Å². The summed E-state index contributed by atoms with van der Waals surface area (Å²) in [5.41, 5.74) is 5.91. The SMILES string of the molecule is NCC[C@H]1CN(c2cnc3c(n2)CC(=O)CO3)C(=O)O1. The third-order valence-electron chi connectivity index (χ3n) is 3.17. The summed E-state index contributed by atoms with van der Waals surface area (Å²) in [6.45, 7) is 0.855. The fraction of sp³-hybridized carbons (Fsp3) is 0.500. The van der Waals surface area contributed by atoms with Gasteiger partial charge in [-0.2, -0.15) is 0 Å². The largest absolute Gasteiger partial charge is 0.468 e. The molecule has 8 heteroatoms. The lowest BCUT2D eigenvalue weighted by Gasteiger charge is -2.17. The Morgan fingerprint density at radius 1 is 1.45 bits per heavy atom. The number of anilines is 1. The van der Waals surface area contributed by atoms with Gasteiger partial charge in [0, 0.05) is 0 Å². The van der Waals surface area contributed by atoms with Crippen molar-refractivity contribution >= 4 is 17.7 Å². The van der Waals surface area contributed by atoms with Crippen LogP contribution in [0.2, 0.25) is 0 Å². The Labute approximate surface area is 114 Å². The lowest BCUT2D eigenvalue weighted by atomic mass is 10.2. The van der Waals surface area contributed by atoms with Gasteiger partial charge in [0.1, 0.15) is 18.4 Å². The number of cyclic esters (lactones) is 1. The Kier molecular flexibility index (Phi) is 3.23. The van der Waals surface area contributed by atoms with Crippen LogP contribution >= 0.6 is 0 Å².